The Morgan fingerprint density at radius 2 is 2.08 bits per heavy atom. The molecule has 4 rings (SSSR count). The van der Waals surface area contributed by atoms with E-state index in [2.05, 4.69) is 28.9 Å². The van der Waals surface area contributed by atoms with Crippen molar-refractivity contribution in [3.63, 3.8) is 0 Å². The molecule has 1 heterocycles. The van der Waals surface area contributed by atoms with Crippen LogP contribution in [0.15, 0.2) is 23.8 Å². The molecule has 2 saturated carbocycles. The topological polar surface area (TPSA) is 33.3 Å². The Hall–Kier alpha value is -0.640. The zero-order chi connectivity index (χ0) is 17.6. The van der Waals surface area contributed by atoms with Crippen LogP contribution in [0.3, 0.4) is 0 Å². The van der Waals surface area contributed by atoms with E-state index in [4.69, 9.17) is 4.74 Å². The molecule has 1 saturated heterocycles. The minimum Gasteiger partial charge on any atom is -0.374 e. The SMILES string of the molecule is C1=CC(COC2CCCC(CCC3CC3NC3CCNC3)CC2)=CCC1. The monoisotopic (exact) mass is 358 g/mol. The second-order valence-corrected chi connectivity index (χ2v) is 9.10. The fourth-order valence-electron chi connectivity index (χ4n) is 5.11. The van der Waals surface area contributed by atoms with Crippen LogP contribution in [0.4, 0.5) is 0 Å². The molecule has 3 heteroatoms. The fraction of sp³-hybridized carbons (Fsp3) is 0.826. The van der Waals surface area contributed by atoms with Crippen LogP contribution in [-0.4, -0.2) is 37.9 Å². The first-order valence-electron chi connectivity index (χ1n) is 11.3. The molecule has 0 spiro atoms. The summed E-state index contributed by atoms with van der Waals surface area (Å²) in [5.74, 6) is 1.92. The molecule has 0 aromatic carbocycles. The Bertz CT molecular complexity index is 494. The van der Waals surface area contributed by atoms with Crippen molar-refractivity contribution in [2.75, 3.05) is 19.7 Å². The predicted molar refractivity (Wildman–Crippen MR) is 108 cm³/mol. The molecule has 3 aliphatic carbocycles. The molecule has 0 bridgehead atoms. The lowest BCUT2D eigenvalue weighted by Crippen LogP contribution is -2.33. The highest BCUT2D eigenvalue weighted by molar-refractivity contribution is 5.22. The van der Waals surface area contributed by atoms with E-state index >= 15 is 0 Å². The number of allylic oxidation sites excluding steroid dienone is 2. The van der Waals surface area contributed by atoms with Crippen molar-refractivity contribution in [3.05, 3.63) is 23.8 Å². The summed E-state index contributed by atoms with van der Waals surface area (Å²) in [6.45, 7) is 3.21. The Labute approximate surface area is 160 Å². The van der Waals surface area contributed by atoms with Gasteiger partial charge in [-0.25, -0.2) is 0 Å². The van der Waals surface area contributed by atoms with Gasteiger partial charge in [-0.1, -0.05) is 37.5 Å². The van der Waals surface area contributed by atoms with Gasteiger partial charge in [0.15, 0.2) is 0 Å². The van der Waals surface area contributed by atoms with Gasteiger partial charge in [0, 0.05) is 18.6 Å². The highest BCUT2D eigenvalue weighted by Gasteiger charge is 2.38. The zero-order valence-corrected chi connectivity index (χ0v) is 16.4. The number of nitrogens with one attached hydrogen (secondary N) is 2. The van der Waals surface area contributed by atoms with Crippen LogP contribution in [-0.2, 0) is 4.74 Å². The lowest BCUT2D eigenvalue weighted by molar-refractivity contribution is 0.0589. The van der Waals surface area contributed by atoms with Crippen molar-refractivity contribution in [1.82, 2.24) is 10.6 Å². The van der Waals surface area contributed by atoms with Crippen LogP contribution in [0.5, 0.6) is 0 Å². The van der Waals surface area contributed by atoms with Gasteiger partial charge in [-0.15, -0.1) is 0 Å². The quantitative estimate of drug-likeness (QED) is 0.633. The molecule has 0 radical (unpaired) electrons. The lowest BCUT2D eigenvalue weighted by Gasteiger charge is -2.17. The first-order chi connectivity index (χ1) is 12.9. The first-order valence-corrected chi connectivity index (χ1v) is 11.3. The summed E-state index contributed by atoms with van der Waals surface area (Å²) >= 11 is 0. The smallest absolute Gasteiger partial charge is 0.0717 e. The van der Waals surface area contributed by atoms with Gasteiger partial charge in [-0.2, -0.15) is 0 Å². The number of ether oxygens (including phenoxy) is 1. The van der Waals surface area contributed by atoms with Crippen LogP contribution < -0.4 is 10.6 Å². The highest BCUT2D eigenvalue weighted by atomic mass is 16.5. The van der Waals surface area contributed by atoms with Crippen molar-refractivity contribution < 1.29 is 4.74 Å². The zero-order valence-electron chi connectivity index (χ0n) is 16.4. The van der Waals surface area contributed by atoms with Gasteiger partial charge >= 0.3 is 0 Å². The van der Waals surface area contributed by atoms with E-state index in [0.29, 0.717) is 6.10 Å². The Balaban J connectivity index is 1.10. The normalized spacial score (nSPS) is 37.4. The van der Waals surface area contributed by atoms with Crippen LogP contribution in [0.1, 0.15) is 70.6 Å². The average Bonchev–Trinajstić information content (AvgIpc) is 3.28. The Kier molecular flexibility index (Phi) is 6.85. The van der Waals surface area contributed by atoms with E-state index in [0.717, 1.165) is 30.5 Å². The van der Waals surface area contributed by atoms with Crippen LogP contribution in [0.25, 0.3) is 0 Å². The number of hydrogen-bond acceptors (Lipinski definition) is 3. The first kappa shape index (κ1) is 18.7. The molecule has 4 aliphatic rings. The Morgan fingerprint density at radius 1 is 1.08 bits per heavy atom. The van der Waals surface area contributed by atoms with Gasteiger partial charge in [0.25, 0.3) is 0 Å². The van der Waals surface area contributed by atoms with Crippen molar-refractivity contribution in [2.24, 2.45) is 11.8 Å². The van der Waals surface area contributed by atoms with Gasteiger partial charge in [-0.05, 0) is 75.3 Å². The molecular weight excluding hydrogens is 320 g/mol. The summed E-state index contributed by atoms with van der Waals surface area (Å²) in [6.07, 6.45) is 22.2. The van der Waals surface area contributed by atoms with Crippen molar-refractivity contribution >= 4 is 0 Å². The summed E-state index contributed by atoms with van der Waals surface area (Å²) in [5.41, 5.74) is 1.39. The molecule has 3 nitrogen and oxygen atoms in total. The highest BCUT2D eigenvalue weighted by Crippen LogP contribution is 2.38. The summed E-state index contributed by atoms with van der Waals surface area (Å²) in [6, 6.07) is 1.58. The molecule has 2 N–H and O–H groups in total. The van der Waals surface area contributed by atoms with Crippen molar-refractivity contribution in [2.45, 2.75) is 88.8 Å². The molecule has 146 valence electrons. The molecule has 0 aromatic rings. The van der Waals surface area contributed by atoms with E-state index in [1.54, 1.807) is 0 Å². The summed E-state index contributed by atoms with van der Waals surface area (Å²) in [7, 11) is 0. The van der Waals surface area contributed by atoms with Crippen molar-refractivity contribution in [3.8, 4) is 0 Å². The van der Waals surface area contributed by atoms with Crippen LogP contribution in [0, 0.1) is 11.8 Å². The number of rotatable bonds is 8. The molecule has 5 atom stereocenters. The van der Waals surface area contributed by atoms with Gasteiger partial charge in [0.1, 0.15) is 0 Å². The van der Waals surface area contributed by atoms with Crippen LogP contribution >= 0.6 is 0 Å². The van der Waals surface area contributed by atoms with E-state index in [-0.39, 0.29) is 0 Å². The van der Waals surface area contributed by atoms with E-state index in [1.807, 2.05) is 0 Å². The van der Waals surface area contributed by atoms with Gasteiger partial charge in [-0.3, -0.25) is 0 Å². The van der Waals surface area contributed by atoms with Crippen LogP contribution in [0.2, 0.25) is 0 Å². The third-order valence-electron chi connectivity index (χ3n) is 6.97. The van der Waals surface area contributed by atoms with Gasteiger partial charge < -0.3 is 15.4 Å². The molecule has 26 heavy (non-hydrogen) atoms. The Morgan fingerprint density at radius 3 is 2.92 bits per heavy atom. The maximum Gasteiger partial charge on any atom is 0.0717 e. The van der Waals surface area contributed by atoms with E-state index in [9.17, 15) is 0 Å². The summed E-state index contributed by atoms with van der Waals surface area (Å²) < 4.78 is 6.24. The summed E-state index contributed by atoms with van der Waals surface area (Å²) in [4.78, 5) is 0. The minimum atomic E-state index is 0.501. The third-order valence-corrected chi connectivity index (χ3v) is 6.97. The second kappa shape index (κ2) is 9.52. The van der Waals surface area contributed by atoms with Crippen molar-refractivity contribution in [1.29, 1.82) is 0 Å². The molecular formula is C23H38N2O. The minimum absolute atomic E-state index is 0.501. The molecule has 1 aliphatic heterocycles. The fourth-order valence-corrected chi connectivity index (χ4v) is 5.11. The largest absolute Gasteiger partial charge is 0.374 e. The molecule has 0 amide bonds. The molecule has 5 unspecified atom stereocenters. The predicted octanol–water partition coefficient (Wildman–Crippen LogP) is 4.35. The maximum absolute atomic E-state index is 6.24. The molecule has 3 fully saturated rings. The standard InChI is InChI=1S/C23H38N2O/c1-2-5-19(6-3-1)17-26-22-8-4-7-18(10-12-22)9-11-20-15-23(20)25-21-13-14-24-16-21/h2,5-6,18,20-25H,1,3-4,7-17H2. The average molecular weight is 359 g/mol. The van der Waals surface area contributed by atoms with E-state index < -0.39 is 0 Å². The van der Waals surface area contributed by atoms with Gasteiger partial charge in [0.2, 0.25) is 0 Å². The van der Waals surface area contributed by atoms with E-state index in [1.165, 1.54) is 89.3 Å². The second-order valence-electron chi connectivity index (χ2n) is 9.10. The third kappa shape index (κ3) is 5.68. The number of hydrogen-bond donors (Lipinski definition) is 2. The van der Waals surface area contributed by atoms with Gasteiger partial charge in [0.05, 0.1) is 12.7 Å². The summed E-state index contributed by atoms with van der Waals surface area (Å²) in [5, 5.41) is 7.33. The lowest BCUT2D eigenvalue weighted by atomic mass is 9.93. The maximum atomic E-state index is 6.24. The molecule has 0 aromatic heterocycles.